The molecule has 2 rings (SSSR count). The van der Waals surface area contributed by atoms with Gasteiger partial charge in [-0.25, -0.2) is 4.98 Å². The molecule has 3 N–H and O–H groups in total. The molecule has 0 aliphatic carbocycles. The molecule has 0 saturated carbocycles. The summed E-state index contributed by atoms with van der Waals surface area (Å²) < 4.78 is 0. The molecular formula is C18H26ClIN4OS. The zero-order chi connectivity index (χ0) is 18.1. The normalized spacial score (nSPS) is 12.4. The summed E-state index contributed by atoms with van der Waals surface area (Å²) in [7, 11) is 0. The quantitative estimate of drug-likeness (QED) is 0.288. The number of guanidine groups is 1. The number of thiazole rings is 1. The van der Waals surface area contributed by atoms with Crippen molar-refractivity contribution in [1.29, 1.82) is 0 Å². The molecule has 1 aromatic carbocycles. The van der Waals surface area contributed by atoms with Crippen LogP contribution < -0.4 is 10.6 Å². The third kappa shape index (κ3) is 7.77. The maximum Gasteiger partial charge on any atom is 0.191 e. The van der Waals surface area contributed by atoms with Crippen molar-refractivity contribution < 1.29 is 5.11 Å². The maximum absolute atomic E-state index is 10.2. The minimum absolute atomic E-state index is 0. The number of rotatable bonds is 8. The number of aromatic nitrogens is 1. The predicted octanol–water partition coefficient (Wildman–Crippen LogP) is 3.81. The van der Waals surface area contributed by atoms with E-state index in [1.165, 1.54) is 4.88 Å². The van der Waals surface area contributed by atoms with Gasteiger partial charge in [0.05, 0.1) is 17.7 Å². The van der Waals surface area contributed by atoms with Crippen molar-refractivity contribution in [1.82, 2.24) is 15.6 Å². The Balaban J connectivity index is 0.00000338. The monoisotopic (exact) mass is 508 g/mol. The summed E-state index contributed by atoms with van der Waals surface area (Å²) in [4.78, 5) is 10.2. The molecule has 0 fully saturated rings. The van der Waals surface area contributed by atoms with Gasteiger partial charge in [0.15, 0.2) is 5.96 Å². The molecule has 8 heteroatoms. The average molecular weight is 509 g/mol. The topological polar surface area (TPSA) is 69.5 Å². The summed E-state index contributed by atoms with van der Waals surface area (Å²) in [6, 6.07) is 7.17. The molecule has 0 bridgehead atoms. The summed E-state index contributed by atoms with van der Waals surface area (Å²) in [5.41, 5.74) is 0.805. The van der Waals surface area contributed by atoms with Crippen molar-refractivity contribution in [3.63, 3.8) is 0 Å². The lowest BCUT2D eigenvalue weighted by atomic mass is 10.1. The van der Waals surface area contributed by atoms with Gasteiger partial charge in [0, 0.05) is 35.6 Å². The first-order chi connectivity index (χ1) is 12.1. The number of aliphatic hydroxyl groups is 1. The third-order valence-corrected chi connectivity index (χ3v) is 5.06. The number of nitrogens with one attached hydrogen (secondary N) is 2. The molecule has 0 amide bonds. The molecule has 1 atom stereocenters. The van der Waals surface area contributed by atoms with Crippen molar-refractivity contribution in [2.45, 2.75) is 32.8 Å². The smallest absolute Gasteiger partial charge is 0.191 e. The van der Waals surface area contributed by atoms with Crippen molar-refractivity contribution in [3.05, 3.63) is 50.9 Å². The van der Waals surface area contributed by atoms with Gasteiger partial charge in [-0.2, -0.15) is 0 Å². The van der Waals surface area contributed by atoms with Crippen LogP contribution in [0, 0.1) is 0 Å². The lowest BCUT2D eigenvalue weighted by Crippen LogP contribution is -2.38. The summed E-state index contributed by atoms with van der Waals surface area (Å²) in [5.74, 6) is 0.697. The Bertz CT molecular complexity index is 678. The van der Waals surface area contributed by atoms with Crippen LogP contribution in [-0.2, 0) is 12.8 Å². The van der Waals surface area contributed by atoms with Crippen LogP contribution in [-0.4, -0.2) is 35.7 Å². The molecule has 0 radical (unpaired) electrons. The molecule has 144 valence electrons. The highest BCUT2D eigenvalue weighted by Gasteiger charge is 2.08. The van der Waals surface area contributed by atoms with Gasteiger partial charge in [0.1, 0.15) is 0 Å². The van der Waals surface area contributed by atoms with E-state index in [1.54, 1.807) is 23.5 Å². The fourth-order valence-corrected chi connectivity index (χ4v) is 3.21. The number of nitrogens with zero attached hydrogens (tertiary/aromatic N) is 2. The summed E-state index contributed by atoms with van der Waals surface area (Å²) in [6.07, 6.45) is 3.17. The standard InChI is InChI=1S/C18H25ClN4OS.HI/c1-3-15-11-22-17(25-15)9-10-21-18(20-4-2)23-12-16(24)13-5-7-14(19)8-6-13;/h5-8,11,16,24H,3-4,9-10,12H2,1-2H3,(H2,20,21,23);1H. The average Bonchev–Trinajstić information content (AvgIpc) is 3.08. The number of hydrogen-bond donors (Lipinski definition) is 3. The van der Waals surface area contributed by atoms with Gasteiger partial charge < -0.3 is 15.7 Å². The lowest BCUT2D eigenvalue weighted by molar-refractivity contribution is 0.187. The van der Waals surface area contributed by atoms with Crippen LogP contribution in [0.4, 0.5) is 0 Å². The van der Waals surface area contributed by atoms with E-state index in [1.807, 2.05) is 25.3 Å². The number of aliphatic imine (C=N–C) groups is 1. The second kappa shape index (κ2) is 12.5. The highest BCUT2D eigenvalue weighted by atomic mass is 127. The van der Waals surface area contributed by atoms with Crippen molar-refractivity contribution in [3.8, 4) is 0 Å². The molecule has 26 heavy (non-hydrogen) atoms. The van der Waals surface area contributed by atoms with E-state index in [9.17, 15) is 5.11 Å². The molecule has 0 aliphatic heterocycles. The van der Waals surface area contributed by atoms with Crippen LogP contribution in [0.2, 0.25) is 5.02 Å². The first-order valence-electron chi connectivity index (χ1n) is 8.51. The maximum atomic E-state index is 10.2. The molecule has 0 spiro atoms. The Morgan fingerprint density at radius 3 is 2.62 bits per heavy atom. The molecule has 1 heterocycles. The van der Waals surface area contributed by atoms with E-state index < -0.39 is 6.10 Å². The first-order valence-corrected chi connectivity index (χ1v) is 9.71. The van der Waals surface area contributed by atoms with Crippen molar-refractivity contribution in [2.24, 2.45) is 4.99 Å². The second-order valence-corrected chi connectivity index (χ2v) is 7.17. The number of aliphatic hydroxyl groups excluding tert-OH is 1. The first kappa shape index (κ1) is 23.1. The lowest BCUT2D eigenvalue weighted by Gasteiger charge is -2.13. The molecule has 0 saturated heterocycles. The van der Waals surface area contributed by atoms with E-state index in [0.29, 0.717) is 11.0 Å². The number of halogens is 2. The minimum atomic E-state index is -0.654. The van der Waals surface area contributed by atoms with Crippen LogP contribution in [0.1, 0.15) is 35.4 Å². The van der Waals surface area contributed by atoms with Crippen LogP contribution in [0.5, 0.6) is 0 Å². The van der Waals surface area contributed by atoms with Crippen molar-refractivity contribution >= 4 is 52.9 Å². The predicted molar refractivity (Wildman–Crippen MR) is 121 cm³/mol. The molecular weight excluding hydrogens is 483 g/mol. The highest BCUT2D eigenvalue weighted by Crippen LogP contribution is 2.16. The Labute approximate surface area is 181 Å². The molecule has 1 unspecified atom stereocenters. The summed E-state index contributed by atoms with van der Waals surface area (Å²) in [6.45, 7) is 5.95. The Kier molecular flexibility index (Phi) is 11.1. The van der Waals surface area contributed by atoms with E-state index >= 15 is 0 Å². The Morgan fingerprint density at radius 2 is 2.00 bits per heavy atom. The van der Waals surface area contributed by atoms with Gasteiger partial charge in [0.25, 0.3) is 0 Å². The van der Waals surface area contributed by atoms with Crippen molar-refractivity contribution in [2.75, 3.05) is 19.6 Å². The largest absolute Gasteiger partial charge is 0.386 e. The van der Waals surface area contributed by atoms with Gasteiger partial charge >= 0.3 is 0 Å². The van der Waals surface area contributed by atoms with Gasteiger partial charge in [-0.05, 0) is 31.0 Å². The molecule has 1 aromatic heterocycles. The Hall–Kier alpha value is -0.900. The minimum Gasteiger partial charge on any atom is -0.386 e. The van der Waals surface area contributed by atoms with Crippen LogP contribution in [0.15, 0.2) is 35.5 Å². The van der Waals surface area contributed by atoms with Crippen LogP contribution in [0.3, 0.4) is 0 Å². The van der Waals surface area contributed by atoms with Gasteiger partial charge in [-0.1, -0.05) is 30.7 Å². The number of aryl methyl sites for hydroxylation is 1. The zero-order valence-electron chi connectivity index (χ0n) is 15.0. The fourth-order valence-electron chi connectivity index (χ4n) is 2.22. The summed E-state index contributed by atoms with van der Waals surface area (Å²) >= 11 is 7.62. The van der Waals surface area contributed by atoms with Gasteiger partial charge in [-0.3, -0.25) is 4.99 Å². The van der Waals surface area contributed by atoms with Crippen LogP contribution >= 0.6 is 46.9 Å². The van der Waals surface area contributed by atoms with E-state index in [4.69, 9.17) is 11.6 Å². The van der Waals surface area contributed by atoms with Gasteiger partial charge in [-0.15, -0.1) is 35.3 Å². The van der Waals surface area contributed by atoms with E-state index in [-0.39, 0.29) is 30.5 Å². The molecule has 2 aromatic rings. The Morgan fingerprint density at radius 1 is 1.27 bits per heavy atom. The van der Waals surface area contributed by atoms with Gasteiger partial charge in [0.2, 0.25) is 0 Å². The SMILES string of the molecule is CCNC(=NCC(O)c1ccc(Cl)cc1)NCCc1ncc(CC)s1.I. The molecule has 5 nitrogen and oxygen atoms in total. The third-order valence-electron chi connectivity index (χ3n) is 3.60. The number of benzene rings is 1. The number of hydrogen-bond acceptors (Lipinski definition) is 4. The fraction of sp³-hybridized carbons (Fsp3) is 0.444. The highest BCUT2D eigenvalue weighted by molar-refractivity contribution is 14.0. The van der Waals surface area contributed by atoms with E-state index in [0.717, 1.165) is 36.5 Å². The summed E-state index contributed by atoms with van der Waals surface area (Å²) in [5, 5.41) is 18.5. The second-order valence-electron chi connectivity index (χ2n) is 5.54. The zero-order valence-corrected chi connectivity index (χ0v) is 18.9. The molecule has 0 aliphatic rings. The van der Waals surface area contributed by atoms with Crippen LogP contribution in [0.25, 0.3) is 0 Å². The van der Waals surface area contributed by atoms with E-state index in [2.05, 4.69) is 27.5 Å².